The first-order valence-electron chi connectivity index (χ1n) is 7.00. The van der Waals surface area contributed by atoms with Crippen molar-refractivity contribution in [1.29, 1.82) is 0 Å². The van der Waals surface area contributed by atoms with Crippen LogP contribution in [0, 0.1) is 5.92 Å². The molecule has 0 aliphatic heterocycles. The van der Waals surface area contributed by atoms with Gasteiger partial charge in [0, 0.05) is 19.0 Å². The second kappa shape index (κ2) is 5.99. The molecule has 0 unspecified atom stereocenters. The maximum atomic E-state index is 12.2. The Labute approximate surface area is 114 Å². The van der Waals surface area contributed by atoms with E-state index in [0.717, 1.165) is 13.1 Å². The highest BCUT2D eigenvalue weighted by Crippen LogP contribution is 2.27. The van der Waals surface area contributed by atoms with Crippen molar-refractivity contribution in [2.45, 2.75) is 39.5 Å². The fourth-order valence-electron chi connectivity index (χ4n) is 1.81. The monoisotopic (exact) mass is 262 g/mol. The molecule has 1 aliphatic rings. The van der Waals surface area contributed by atoms with Gasteiger partial charge in [0.05, 0.1) is 11.9 Å². The van der Waals surface area contributed by atoms with Gasteiger partial charge in [-0.1, -0.05) is 13.8 Å². The summed E-state index contributed by atoms with van der Waals surface area (Å²) in [6, 6.07) is 0. The lowest BCUT2D eigenvalue weighted by atomic mass is 10.2. The van der Waals surface area contributed by atoms with E-state index in [1.54, 1.807) is 6.20 Å². The molecular weight excluding hydrogens is 240 g/mol. The van der Waals surface area contributed by atoms with Gasteiger partial charge in [0.2, 0.25) is 0 Å². The van der Waals surface area contributed by atoms with E-state index in [0.29, 0.717) is 23.1 Å². The Morgan fingerprint density at radius 3 is 2.79 bits per heavy atom. The Bertz CT molecular complexity index is 455. The molecule has 2 N–H and O–H groups in total. The molecular formula is C14H22N4O. The third-order valence-electron chi connectivity index (χ3n) is 3.15. The van der Waals surface area contributed by atoms with Crippen LogP contribution in [0.1, 0.15) is 55.8 Å². The molecule has 1 heterocycles. The number of anilines is 1. The van der Waals surface area contributed by atoms with Crippen LogP contribution in [0.25, 0.3) is 0 Å². The van der Waals surface area contributed by atoms with Gasteiger partial charge in [-0.25, -0.2) is 9.97 Å². The Morgan fingerprint density at radius 2 is 2.21 bits per heavy atom. The van der Waals surface area contributed by atoms with Gasteiger partial charge in [-0.3, -0.25) is 4.79 Å². The third kappa shape index (κ3) is 3.66. The fourth-order valence-corrected chi connectivity index (χ4v) is 1.81. The Kier molecular flexibility index (Phi) is 4.35. The van der Waals surface area contributed by atoms with Crippen molar-refractivity contribution >= 4 is 11.6 Å². The Balaban J connectivity index is 2.16. The number of rotatable bonds is 6. The summed E-state index contributed by atoms with van der Waals surface area (Å²) < 4.78 is 0. The summed E-state index contributed by atoms with van der Waals surface area (Å²) in [4.78, 5) is 20.9. The van der Waals surface area contributed by atoms with Crippen molar-refractivity contribution < 1.29 is 4.79 Å². The maximum Gasteiger partial charge on any atom is 0.272 e. The van der Waals surface area contributed by atoms with Gasteiger partial charge in [0.25, 0.3) is 5.91 Å². The van der Waals surface area contributed by atoms with E-state index in [-0.39, 0.29) is 11.8 Å². The second-order valence-corrected chi connectivity index (χ2v) is 5.33. The van der Waals surface area contributed by atoms with Crippen LogP contribution in [-0.4, -0.2) is 29.0 Å². The molecule has 1 amide bonds. The van der Waals surface area contributed by atoms with E-state index in [4.69, 9.17) is 0 Å². The number of nitrogens with zero attached hydrogens (tertiary/aromatic N) is 2. The fraction of sp³-hybridized carbons (Fsp3) is 0.643. The minimum absolute atomic E-state index is 0.104. The van der Waals surface area contributed by atoms with Gasteiger partial charge in [-0.05, 0) is 25.7 Å². The van der Waals surface area contributed by atoms with Crippen LogP contribution in [0.2, 0.25) is 0 Å². The molecule has 1 aliphatic carbocycles. The minimum atomic E-state index is -0.104. The second-order valence-electron chi connectivity index (χ2n) is 5.33. The van der Waals surface area contributed by atoms with Gasteiger partial charge >= 0.3 is 0 Å². The normalized spacial score (nSPS) is 14.5. The molecule has 0 aromatic carbocycles. The van der Waals surface area contributed by atoms with Crippen molar-refractivity contribution in [3.05, 3.63) is 17.7 Å². The molecule has 1 fully saturated rings. The van der Waals surface area contributed by atoms with Crippen molar-refractivity contribution in [3.8, 4) is 0 Å². The van der Waals surface area contributed by atoms with Crippen LogP contribution in [0.15, 0.2) is 6.20 Å². The van der Waals surface area contributed by atoms with Crippen LogP contribution in [0.5, 0.6) is 0 Å². The minimum Gasteiger partial charge on any atom is -0.382 e. The molecule has 5 heteroatoms. The van der Waals surface area contributed by atoms with Crippen molar-refractivity contribution in [3.63, 3.8) is 0 Å². The van der Waals surface area contributed by atoms with E-state index >= 15 is 0 Å². The summed E-state index contributed by atoms with van der Waals surface area (Å²) in [6.07, 6.45) is 4.15. The van der Waals surface area contributed by atoms with Crippen LogP contribution < -0.4 is 10.6 Å². The van der Waals surface area contributed by atoms with Crippen molar-refractivity contribution in [2.75, 3.05) is 18.4 Å². The van der Waals surface area contributed by atoms with E-state index in [1.165, 1.54) is 12.8 Å². The molecule has 0 spiro atoms. The zero-order valence-corrected chi connectivity index (χ0v) is 11.9. The Hall–Kier alpha value is -1.65. The van der Waals surface area contributed by atoms with Crippen LogP contribution in [-0.2, 0) is 0 Å². The maximum absolute atomic E-state index is 12.2. The summed E-state index contributed by atoms with van der Waals surface area (Å²) in [5.74, 6) is 1.48. The predicted octanol–water partition coefficient (Wildman–Crippen LogP) is 2.17. The zero-order chi connectivity index (χ0) is 13.8. The molecule has 0 atom stereocenters. The van der Waals surface area contributed by atoms with Crippen LogP contribution >= 0.6 is 0 Å². The highest BCUT2D eigenvalue weighted by molar-refractivity contribution is 5.97. The number of hydrogen-bond donors (Lipinski definition) is 2. The number of carbonyl (C=O) groups is 1. The van der Waals surface area contributed by atoms with Crippen LogP contribution in [0.4, 0.5) is 5.69 Å². The number of nitrogens with one attached hydrogen (secondary N) is 2. The highest BCUT2D eigenvalue weighted by atomic mass is 16.1. The van der Waals surface area contributed by atoms with Gasteiger partial charge in [0.15, 0.2) is 5.69 Å². The first-order valence-corrected chi connectivity index (χ1v) is 7.00. The average molecular weight is 262 g/mol. The van der Waals surface area contributed by atoms with Crippen LogP contribution in [0.3, 0.4) is 0 Å². The molecule has 19 heavy (non-hydrogen) atoms. The average Bonchev–Trinajstić information content (AvgIpc) is 3.20. The summed E-state index contributed by atoms with van der Waals surface area (Å²) in [7, 11) is 0. The van der Waals surface area contributed by atoms with Gasteiger partial charge < -0.3 is 10.6 Å². The predicted molar refractivity (Wildman–Crippen MR) is 75.3 cm³/mol. The lowest BCUT2D eigenvalue weighted by molar-refractivity contribution is 0.0947. The molecule has 2 rings (SSSR count). The van der Waals surface area contributed by atoms with E-state index < -0.39 is 0 Å². The van der Waals surface area contributed by atoms with Gasteiger partial charge in [-0.2, -0.15) is 0 Å². The molecule has 1 aromatic rings. The lowest BCUT2D eigenvalue weighted by Crippen LogP contribution is -2.28. The molecule has 1 aromatic heterocycles. The number of hydrogen-bond acceptors (Lipinski definition) is 4. The van der Waals surface area contributed by atoms with Gasteiger partial charge in [0.1, 0.15) is 5.82 Å². The summed E-state index contributed by atoms with van der Waals surface area (Å²) in [6.45, 7) is 7.53. The van der Waals surface area contributed by atoms with E-state index in [2.05, 4.69) is 20.6 Å². The largest absolute Gasteiger partial charge is 0.382 e. The smallest absolute Gasteiger partial charge is 0.272 e. The molecule has 0 radical (unpaired) electrons. The zero-order valence-electron chi connectivity index (χ0n) is 11.9. The summed E-state index contributed by atoms with van der Waals surface area (Å²) >= 11 is 0. The molecule has 104 valence electrons. The van der Waals surface area contributed by atoms with Crippen molar-refractivity contribution in [1.82, 2.24) is 15.3 Å². The number of carbonyl (C=O) groups excluding carboxylic acids is 1. The quantitative estimate of drug-likeness (QED) is 0.824. The van der Waals surface area contributed by atoms with Gasteiger partial charge in [-0.15, -0.1) is 0 Å². The molecule has 1 saturated carbocycles. The molecule has 0 bridgehead atoms. The highest BCUT2D eigenvalue weighted by Gasteiger charge is 2.23. The van der Waals surface area contributed by atoms with Crippen molar-refractivity contribution in [2.24, 2.45) is 5.92 Å². The standard InChI is InChI=1S/C14H22N4O/c1-4-15-11-8-16-13(9(2)3)18-12(11)14(19)17-7-10-5-6-10/h8-10,15H,4-7H2,1-3H3,(H,17,19). The van der Waals surface area contributed by atoms with E-state index in [9.17, 15) is 4.79 Å². The summed E-state index contributed by atoms with van der Waals surface area (Å²) in [5, 5.41) is 6.10. The first kappa shape index (κ1) is 13.8. The summed E-state index contributed by atoms with van der Waals surface area (Å²) in [5.41, 5.74) is 1.17. The first-order chi connectivity index (χ1) is 9.11. The molecule has 0 saturated heterocycles. The van der Waals surface area contributed by atoms with E-state index in [1.807, 2.05) is 20.8 Å². The number of aromatic nitrogens is 2. The molecule has 5 nitrogen and oxygen atoms in total. The number of amides is 1. The third-order valence-corrected chi connectivity index (χ3v) is 3.15. The topological polar surface area (TPSA) is 66.9 Å². The SMILES string of the molecule is CCNc1cnc(C(C)C)nc1C(=O)NCC1CC1. The Morgan fingerprint density at radius 1 is 1.47 bits per heavy atom. The lowest BCUT2D eigenvalue weighted by Gasteiger charge is -2.12.